The number of likely N-dealkylation sites (N-methyl/N-ethyl adjacent to an activating group) is 2. The van der Waals surface area contributed by atoms with Gasteiger partial charge < -0.3 is 10.1 Å². The van der Waals surface area contributed by atoms with Crippen molar-refractivity contribution in [1.29, 1.82) is 0 Å². The lowest BCUT2D eigenvalue weighted by atomic mass is 10.0. The number of thiazole rings is 1. The first-order valence-corrected chi connectivity index (χ1v) is 12.1. The number of nitrogens with zero attached hydrogens (tertiary/aromatic N) is 4. The largest absolute Gasteiger partial charge is 0.432 e. The summed E-state index contributed by atoms with van der Waals surface area (Å²) in [6, 6.07) is 2.93. The molecule has 1 aromatic carbocycles. The van der Waals surface area contributed by atoms with E-state index in [0.717, 1.165) is 28.4 Å². The number of ether oxygens (including phenoxy) is 1. The number of halogens is 3. The number of carbonyl (C=O) groups is 3. The number of hydrogen-bond donors (Lipinski definition) is 1. The van der Waals surface area contributed by atoms with Crippen molar-refractivity contribution >= 4 is 40.1 Å². The molecule has 2 heterocycles. The summed E-state index contributed by atoms with van der Waals surface area (Å²) in [4.78, 5) is 49.0. The number of nitrogens with one attached hydrogen (secondary N) is 1. The minimum Gasteiger partial charge on any atom is -0.432 e. The molecule has 0 radical (unpaired) electrons. The molecule has 0 atom stereocenters. The fourth-order valence-electron chi connectivity index (χ4n) is 3.47. The van der Waals surface area contributed by atoms with Crippen LogP contribution < -0.4 is 10.1 Å². The molecule has 0 saturated carbocycles. The van der Waals surface area contributed by atoms with Gasteiger partial charge in [0.15, 0.2) is 16.7 Å². The second-order valence-electron chi connectivity index (χ2n) is 8.71. The second kappa shape index (κ2) is 11.5. The van der Waals surface area contributed by atoms with Crippen LogP contribution >= 0.6 is 11.3 Å². The maximum atomic E-state index is 14.1. The van der Waals surface area contributed by atoms with Crippen molar-refractivity contribution in [3.63, 3.8) is 0 Å². The Labute approximate surface area is 215 Å². The number of benzene rings is 1. The molecule has 37 heavy (non-hydrogen) atoms. The second-order valence-corrected chi connectivity index (χ2v) is 9.56. The summed E-state index contributed by atoms with van der Waals surface area (Å²) in [5.41, 5.74) is 1.24. The van der Waals surface area contributed by atoms with Gasteiger partial charge in [-0.2, -0.15) is 8.78 Å². The first-order valence-electron chi connectivity index (χ1n) is 11.2. The average molecular weight is 538 g/mol. The first-order chi connectivity index (χ1) is 17.4. The van der Waals surface area contributed by atoms with Crippen LogP contribution in [0, 0.1) is 11.7 Å². The summed E-state index contributed by atoms with van der Waals surface area (Å²) in [7, 11) is 2.88. The lowest BCUT2D eigenvalue weighted by Crippen LogP contribution is -2.53. The molecule has 9 nitrogen and oxygen atoms in total. The van der Waals surface area contributed by atoms with Crippen molar-refractivity contribution in [3.8, 4) is 17.0 Å². The number of alkyl halides is 2. The van der Waals surface area contributed by atoms with Gasteiger partial charge in [0.25, 0.3) is 5.91 Å². The molecule has 0 spiro atoms. The van der Waals surface area contributed by atoms with Gasteiger partial charge in [0.1, 0.15) is 5.84 Å². The van der Waals surface area contributed by atoms with Crippen LogP contribution in [0.1, 0.15) is 27.2 Å². The van der Waals surface area contributed by atoms with Gasteiger partial charge in [-0.1, -0.05) is 13.8 Å². The van der Waals surface area contributed by atoms with Crippen molar-refractivity contribution in [3.05, 3.63) is 40.5 Å². The van der Waals surface area contributed by atoms with Gasteiger partial charge >= 0.3 is 12.6 Å². The number of hydrogen-bond acceptors (Lipinski definition) is 7. The zero-order valence-corrected chi connectivity index (χ0v) is 21.7. The number of carbonyl (C=O) groups excluding carboxylic acids is 3. The Balaban J connectivity index is 1.78. The van der Waals surface area contributed by atoms with E-state index < -0.39 is 36.0 Å². The number of amides is 4. The van der Waals surface area contributed by atoms with Crippen LogP contribution in [0.4, 0.5) is 23.1 Å². The van der Waals surface area contributed by atoms with E-state index in [-0.39, 0.29) is 28.9 Å². The third-order valence-corrected chi connectivity index (χ3v) is 6.04. The Hall–Kier alpha value is -3.74. The highest BCUT2D eigenvalue weighted by molar-refractivity contribution is 7.14. The van der Waals surface area contributed by atoms with Crippen LogP contribution in [0.2, 0.25) is 0 Å². The molecule has 1 aliphatic heterocycles. The molecule has 1 aromatic heterocycles. The van der Waals surface area contributed by atoms with Crippen LogP contribution in [0.3, 0.4) is 0 Å². The van der Waals surface area contributed by atoms with Crippen LogP contribution in [0.25, 0.3) is 11.3 Å². The summed E-state index contributed by atoms with van der Waals surface area (Å²) >= 11 is 1.08. The van der Waals surface area contributed by atoms with E-state index in [1.54, 1.807) is 12.3 Å². The predicted octanol–water partition coefficient (Wildman–Crippen LogP) is 4.77. The molecule has 0 bridgehead atoms. The number of anilines is 1. The average Bonchev–Trinajstić information content (AvgIpc) is 3.28. The van der Waals surface area contributed by atoms with Gasteiger partial charge in [0.2, 0.25) is 5.91 Å². The van der Waals surface area contributed by atoms with E-state index in [1.165, 1.54) is 25.1 Å². The molecule has 1 fully saturated rings. The maximum Gasteiger partial charge on any atom is 0.387 e. The molecule has 1 saturated heterocycles. The summed E-state index contributed by atoms with van der Waals surface area (Å²) in [6.45, 7) is 2.77. The lowest BCUT2D eigenvalue weighted by molar-refractivity contribution is -0.123. The fraction of sp³-hybridized carbons (Fsp3) is 0.375. The predicted molar refractivity (Wildman–Crippen MR) is 133 cm³/mol. The molecule has 0 aliphatic carbocycles. The fourth-order valence-corrected chi connectivity index (χ4v) is 4.21. The summed E-state index contributed by atoms with van der Waals surface area (Å²) in [6.07, 6.45) is -0.166. The Morgan fingerprint density at radius 3 is 2.54 bits per heavy atom. The minimum atomic E-state index is -3.15. The molecular formula is C24H26F3N5O4S. The Kier molecular flexibility index (Phi) is 8.69. The number of imide groups is 1. The van der Waals surface area contributed by atoms with E-state index in [2.05, 4.69) is 20.0 Å². The summed E-state index contributed by atoms with van der Waals surface area (Å²) in [5, 5.41) is 4.43. The van der Waals surface area contributed by atoms with Crippen molar-refractivity contribution < 1.29 is 32.3 Å². The highest BCUT2D eigenvalue weighted by atomic mass is 32.1. The zero-order chi connectivity index (χ0) is 27.4. The van der Waals surface area contributed by atoms with Crippen molar-refractivity contribution in [1.82, 2.24) is 14.8 Å². The van der Waals surface area contributed by atoms with E-state index in [1.807, 2.05) is 13.8 Å². The topological polar surface area (TPSA) is 104 Å². The maximum absolute atomic E-state index is 14.1. The zero-order valence-electron chi connectivity index (χ0n) is 20.8. The van der Waals surface area contributed by atoms with E-state index >= 15 is 0 Å². The standard InChI is InChI=1S/C24H26F3N5O4S/c1-12(2)10-28-20-19(21(34)32(5)24(35)31(20)4)13(3)8-18(33)30-23-29-16(11-37-23)14-6-7-17(15(25)9-14)36-22(26)27/h6-7,9,11-12,22H,8,10H2,1-5H3,(H,29,30,33)/b19-13-,28-20?. The normalized spacial score (nSPS) is 16.8. The third-order valence-electron chi connectivity index (χ3n) is 5.29. The SMILES string of the molecule is C/C(CC(=O)Nc1nc(-c2ccc(OC(F)F)c(F)c2)cs1)=C1/C(=O)N(C)C(=O)N(C)C1=NCC(C)C. The lowest BCUT2D eigenvalue weighted by Gasteiger charge is -2.33. The van der Waals surface area contributed by atoms with Gasteiger partial charge in [0, 0.05) is 38.0 Å². The molecule has 4 amide bonds. The van der Waals surface area contributed by atoms with E-state index in [4.69, 9.17) is 0 Å². The molecule has 1 N–H and O–H groups in total. The molecule has 3 rings (SSSR count). The molecule has 0 unspecified atom stereocenters. The highest BCUT2D eigenvalue weighted by Crippen LogP contribution is 2.29. The molecule has 2 aromatic rings. The highest BCUT2D eigenvalue weighted by Gasteiger charge is 2.37. The molecule has 1 aliphatic rings. The van der Waals surface area contributed by atoms with Gasteiger partial charge in [-0.25, -0.2) is 14.2 Å². The monoisotopic (exact) mass is 537 g/mol. The van der Waals surface area contributed by atoms with Gasteiger partial charge in [-0.05, 0) is 36.6 Å². The molecular weight excluding hydrogens is 511 g/mol. The van der Waals surface area contributed by atoms with Crippen LogP contribution in [0.15, 0.2) is 39.7 Å². The smallest absolute Gasteiger partial charge is 0.387 e. The quantitative estimate of drug-likeness (QED) is 0.489. The third kappa shape index (κ3) is 6.53. The van der Waals surface area contributed by atoms with Crippen molar-refractivity contribution in [2.75, 3.05) is 26.0 Å². The van der Waals surface area contributed by atoms with Crippen molar-refractivity contribution in [2.45, 2.75) is 33.8 Å². The Bertz CT molecular complexity index is 1270. The van der Waals surface area contributed by atoms with Crippen LogP contribution in [0.5, 0.6) is 5.75 Å². The number of urea groups is 1. The van der Waals surface area contributed by atoms with Gasteiger partial charge in [-0.3, -0.25) is 24.4 Å². The molecule has 198 valence electrons. The van der Waals surface area contributed by atoms with Crippen molar-refractivity contribution in [2.24, 2.45) is 10.9 Å². The number of aliphatic imine (C=N–C) groups is 1. The summed E-state index contributed by atoms with van der Waals surface area (Å²) < 4.78 is 42.8. The number of aromatic nitrogens is 1. The molecule has 13 heteroatoms. The first kappa shape index (κ1) is 27.8. The summed E-state index contributed by atoms with van der Waals surface area (Å²) in [5.74, 6) is -2.16. The number of rotatable bonds is 8. The Morgan fingerprint density at radius 2 is 1.92 bits per heavy atom. The van der Waals surface area contributed by atoms with E-state index in [9.17, 15) is 27.6 Å². The van der Waals surface area contributed by atoms with Gasteiger partial charge in [0.05, 0.1) is 11.3 Å². The van der Waals surface area contributed by atoms with E-state index in [0.29, 0.717) is 23.4 Å². The van der Waals surface area contributed by atoms with Crippen LogP contribution in [-0.2, 0) is 9.59 Å². The van der Waals surface area contributed by atoms with Crippen LogP contribution in [-0.4, -0.2) is 65.7 Å². The minimum absolute atomic E-state index is 0.166. The number of amidine groups is 1. The Morgan fingerprint density at radius 1 is 1.22 bits per heavy atom. The van der Waals surface area contributed by atoms with Gasteiger partial charge in [-0.15, -0.1) is 11.3 Å².